The molecule has 2 heterocycles. The molecule has 0 spiro atoms. The van der Waals surface area contributed by atoms with Crippen molar-refractivity contribution < 1.29 is 14.7 Å². The molecular weight excluding hydrogens is 461 g/mol. The molecule has 1 unspecified atom stereocenters. The van der Waals surface area contributed by atoms with Crippen LogP contribution in [0.5, 0.6) is 5.75 Å². The molecule has 8 heteroatoms. The monoisotopic (exact) mass is 479 g/mol. The zero-order valence-corrected chi connectivity index (χ0v) is 19.1. The lowest BCUT2D eigenvalue weighted by molar-refractivity contribution is -0.118. The first kappa shape index (κ1) is 21.5. The topological polar surface area (TPSA) is 82.0 Å². The molecule has 5 rings (SSSR count). The number of hydrogen-bond acceptors (Lipinski definition) is 4. The van der Waals surface area contributed by atoms with E-state index >= 15 is 0 Å². The van der Waals surface area contributed by atoms with E-state index in [1.54, 1.807) is 24.1 Å². The summed E-state index contributed by atoms with van der Waals surface area (Å²) in [4.78, 5) is 31.7. The maximum atomic E-state index is 13.1. The number of halogens is 2. The van der Waals surface area contributed by atoms with Crippen molar-refractivity contribution in [3.05, 3.63) is 86.9 Å². The molecule has 0 bridgehead atoms. The summed E-state index contributed by atoms with van der Waals surface area (Å²) in [6.45, 7) is 0. The summed E-state index contributed by atoms with van der Waals surface area (Å²) in [6.07, 6.45) is 0.623. The van der Waals surface area contributed by atoms with Crippen LogP contribution in [0.1, 0.15) is 22.3 Å². The minimum Gasteiger partial charge on any atom is -0.506 e. The quantitative estimate of drug-likeness (QED) is 0.537. The molecule has 3 aromatic carbocycles. The predicted molar refractivity (Wildman–Crippen MR) is 130 cm³/mol. The normalized spacial score (nSPS) is 17.2. The van der Waals surface area contributed by atoms with Gasteiger partial charge in [0.2, 0.25) is 11.8 Å². The third-order valence-corrected chi connectivity index (χ3v) is 6.57. The second-order valence-corrected chi connectivity index (χ2v) is 8.94. The average molecular weight is 480 g/mol. The van der Waals surface area contributed by atoms with Gasteiger partial charge in [-0.15, -0.1) is 0 Å². The van der Waals surface area contributed by atoms with Crippen molar-refractivity contribution in [3.8, 4) is 5.75 Å². The lowest BCUT2D eigenvalue weighted by atomic mass is 9.98. The highest BCUT2D eigenvalue weighted by atomic mass is 35.5. The van der Waals surface area contributed by atoms with E-state index in [4.69, 9.17) is 28.2 Å². The largest absolute Gasteiger partial charge is 0.506 e. The van der Waals surface area contributed by atoms with Crippen LogP contribution in [-0.2, 0) is 22.4 Å². The highest BCUT2D eigenvalue weighted by Gasteiger charge is 2.30. The lowest BCUT2D eigenvalue weighted by Crippen LogP contribution is -2.27. The van der Waals surface area contributed by atoms with Crippen LogP contribution in [0.4, 0.5) is 11.4 Å². The van der Waals surface area contributed by atoms with Gasteiger partial charge in [-0.05, 0) is 29.3 Å². The molecule has 2 amide bonds. The van der Waals surface area contributed by atoms with Crippen molar-refractivity contribution in [2.75, 3.05) is 17.3 Å². The highest BCUT2D eigenvalue weighted by molar-refractivity contribution is 6.32. The number of nitrogens with one attached hydrogen (secondary N) is 1. The van der Waals surface area contributed by atoms with Crippen LogP contribution in [-0.4, -0.2) is 35.7 Å². The number of benzodiazepines with no additional fused rings is 1. The van der Waals surface area contributed by atoms with Gasteiger partial charge < -0.3 is 15.3 Å². The van der Waals surface area contributed by atoms with Crippen LogP contribution in [0.15, 0.2) is 59.6 Å². The summed E-state index contributed by atoms with van der Waals surface area (Å²) < 4.78 is 0. The molecule has 0 fully saturated rings. The van der Waals surface area contributed by atoms with E-state index in [0.717, 1.165) is 16.8 Å². The van der Waals surface area contributed by atoms with E-state index in [9.17, 15) is 14.7 Å². The highest BCUT2D eigenvalue weighted by Crippen LogP contribution is 2.37. The number of fused-ring (bicyclic) bond motifs is 2. The Hall–Kier alpha value is -3.35. The van der Waals surface area contributed by atoms with Gasteiger partial charge in [-0.3, -0.25) is 14.6 Å². The van der Waals surface area contributed by atoms with E-state index in [1.165, 1.54) is 6.07 Å². The molecule has 33 heavy (non-hydrogen) atoms. The number of rotatable bonds is 3. The Morgan fingerprint density at radius 2 is 1.91 bits per heavy atom. The van der Waals surface area contributed by atoms with Gasteiger partial charge in [-0.1, -0.05) is 53.5 Å². The number of anilines is 2. The molecule has 2 aliphatic heterocycles. The summed E-state index contributed by atoms with van der Waals surface area (Å²) >= 11 is 12.6. The molecule has 2 aliphatic rings. The number of likely N-dealkylation sites (N-methyl/N-ethyl adjacent to an activating group) is 1. The number of carbonyl (C=O) groups is 2. The number of carbonyl (C=O) groups excluding carboxylic acids is 2. The molecule has 166 valence electrons. The van der Waals surface area contributed by atoms with Gasteiger partial charge in [0.15, 0.2) is 0 Å². The Labute approximate surface area is 200 Å². The minimum atomic E-state index is -0.793. The first-order valence-electron chi connectivity index (χ1n) is 10.4. The molecule has 0 aliphatic carbocycles. The fourth-order valence-corrected chi connectivity index (χ4v) is 4.66. The Morgan fingerprint density at radius 3 is 2.70 bits per heavy atom. The van der Waals surface area contributed by atoms with Crippen LogP contribution in [0, 0.1) is 0 Å². The zero-order valence-electron chi connectivity index (χ0n) is 17.6. The van der Waals surface area contributed by atoms with Crippen molar-refractivity contribution >= 4 is 52.1 Å². The van der Waals surface area contributed by atoms with Crippen LogP contribution in [0.3, 0.4) is 0 Å². The van der Waals surface area contributed by atoms with Gasteiger partial charge in [0, 0.05) is 46.4 Å². The predicted octanol–water partition coefficient (Wildman–Crippen LogP) is 4.62. The van der Waals surface area contributed by atoms with Crippen molar-refractivity contribution in [2.45, 2.75) is 18.9 Å². The van der Waals surface area contributed by atoms with Crippen molar-refractivity contribution in [3.63, 3.8) is 0 Å². The number of benzene rings is 3. The van der Waals surface area contributed by atoms with Crippen molar-refractivity contribution in [2.24, 2.45) is 4.99 Å². The molecule has 0 aromatic heterocycles. The number of phenols is 1. The average Bonchev–Trinajstić information content (AvgIpc) is 2.98. The van der Waals surface area contributed by atoms with E-state index in [1.807, 2.05) is 36.4 Å². The maximum absolute atomic E-state index is 13.1. The zero-order chi connectivity index (χ0) is 23.3. The molecule has 0 saturated carbocycles. The summed E-state index contributed by atoms with van der Waals surface area (Å²) in [5.41, 5.74) is 4.45. The van der Waals surface area contributed by atoms with Gasteiger partial charge >= 0.3 is 0 Å². The smallest absolute Gasteiger partial charge is 0.249 e. The molecule has 6 nitrogen and oxygen atoms in total. The maximum Gasteiger partial charge on any atom is 0.249 e. The summed E-state index contributed by atoms with van der Waals surface area (Å²) in [6, 6.07) is 15.2. The Bertz CT molecular complexity index is 1350. The van der Waals surface area contributed by atoms with Crippen molar-refractivity contribution in [1.82, 2.24) is 0 Å². The molecule has 0 radical (unpaired) electrons. The fourth-order valence-electron chi connectivity index (χ4n) is 4.23. The second-order valence-electron chi connectivity index (χ2n) is 8.10. The number of nitrogens with zero attached hydrogens (tertiary/aromatic N) is 2. The lowest BCUT2D eigenvalue weighted by Gasteiger charge is -2.15. The third kappa shape index (κ3) is 3.86. The van der Waals surface area contributed by atoms with Gasteiger partial charge in [0.05, 0.1) is 17.8 Å². The van der Waals surface area contributed by atoms with E-state index < -0.39 is 6.04 Å². The van der Waals surface area contributed by atoms with Gasteiger partial charge in [-0.2, -0.15) is 0 Å². The SMILES string of the molecule is CN1C(=O)Cc2ccc(C3=NC(Cc4ccccc4Cl)C(=O)Nc4c(O)cc(Cl)cc43)cc21. The molecule has 1 atom stereocenters. The number of aromatic hydroxyl groups is 1. The van der Waals surface area contributed by atoms with Crippen LogP contribution in [0.25, 0.3) is 0 Å². The molecule has 0 saturated heterocycles. The number of hydrogen-bond donors (Lipinski definition) is 2. The summed E-state index contributed by atoms with van der Waals surface area (Å²) in [7, 11) is 1.73. The molecular formula is C25H19Cl2N3O3. The standard InChI is InChI=1S/C25H19Cl2N3O3/c1-30-20-9-15(7-6-14(20)10-22(30)32)23-17-11-16(26)12-21(31)24(17)29-25(33)19(28-23)8-13-4-2-3-5-18(13)27/h2-7,9,11-12,19,31H,8,10H2,1H3,(H,29,33). The van der Waals surface area contributed by atoms with Crippen molar-refractivity contribution in [1.29, 1.82) is 0 Å². The van der Waals surface area contributed by atoms with E-state index in [0.29, 0.717) is 33.3 Å². The van der Waals surface area contributed by atoms with Crippen LogP contribution in [0.2, 0.25) is 10.0 Å². The first-order chi connectivity index (χ1) is 15.8. The fraction of sp³-hybridized carbons (Fsp3) is 0.160. The Kier molecular flexibility index (Phi) is 5.35. The Balaban J connectivity index is 1.68. The minimum absolute atomic E-state index is 0.0134. The van der Waals surface area contributed by atoms with E-state index in [2.05, 4.69) is 5.32 Å². The molecule has 3 aromatic rings. The number of aliphatic imine (C=N–C) groups is 1. The summed E-state index contributed by atoms with van der Waals surface area (Å²) in [5.74, 6) is -0.498. The Morgan fingerprint density at radius 1 is 1.12 bits per heavy atom. The van der Waals surface area contributed by atoms with Crippen LogP contribution < -0.4 is 10.2 Å². The third-order valence-electron chi connectivity index (χ3n) is 5.98. The van der Waals surface area contributed by atoms with Gasteiger partial charge in [-0.25, -0.2) is 0 Å². The summed E-state index contributed by atoms with van der Waals surface area (Å²) in [5, 5.41) is 14.2. The molecule has 2 N–H and O–H groups in total. The number of phenolic OH excluding ortho intramolecular Hbond substituents is 1. The first-order valence-corrected chi connectivity index (χ1v) is 11.1. The van der Waals surface area contributed by atoms with Gasteiger partial charge in [0.1, 0.15) is 11.8 Å². The van der Waals surface area contributed by atoms with Gasteiger partial charge in [0.25, 0.3) is 0 Å². The van der Waals surface area contributed by atoms with Crippen LogP contribution >= 0.6 is 23.2 Å². The second kappa shape index (κ2) is 8.21. The van der Waals surface area contributed by atoms with E-state index in [-0.39, 0.29) is 29.7 Å². The number of amides is 2.